The molecule has 2 heterocycles. The van der Waals surface area contributed by atoms with Crippen molar-refractivity contribution in [2.24, 2.45) is 0 Å². The third-order valence-corrected chi connectivity index (χ3v) is 4.72. The van der Waals surface area contributed by atoms with Gasteiger partial charge in [-0.1, -0.05) is 18.2 Å². The van der Waals surface area contributed by atoms with Crippen LogP contribution in [-0.2, 0) is 6.54 Å². The molecule has 4 rings (SSSR count). The Labute approximate surface area is 158 Å². The number of carbonyl (C=O) groups excluding carboxylic acids is 1. The van der Waals surface area contributed by atoms with Gasteiger partial charge in [-0.3, -0.25) is 9.78 Å². The maximum Gasteiger partial charge on any atom is 0.252 e. The van der Waals surface area contributed by atoms with Gasteiger partial charge in [0.05, 0.1) is 18.7 Å². The van der Waals surface area contributed by atoms with Crippen LogP contribution in [0.3, 0.4) is 0 Å². The molecule has 0 atom stereocenters. The number of rotatable bonds is 8. The quantitative estimate of drug-likeness (QED) is 0.613. The number of unbranched alkanes of at least 4 members (excludes halogenated alkanes) is 2. The number of fused-ring (bicyclic) bond motifs is 2. The van der Waals surface area contributed by atoms with Crippen LogP contribution in [0.25, 0.3) is 10.9 Å². The van der Waals surface area contributed by atoms with Crippen LogP contribution >= 0.6 is 0 Å². The number of aromatic nitrogens is 1. The monoisotopic (exact) mass is 362 g/mol. The van der Waals surface area contributed by atoms with Gasteiger partial charge in [0, 0.05) is 29.3 Å². The van der Waals surface area contributed by atoms with Crippen molar-refractivity contribution in [3.05, 3.63) is 65.9 Å². The molecule has 1 aromatic heterocycles. The molecule has 0 unspecified atom stereocenters. The number of hydrogen-bond acceptors (Lipinski definition) is 4. The average molecular weight is 362 g/mol. The van der Waals surface area contributed by atoms with Crippen molar-refractivity contribution in [2.75, 3.05) is 13.2 Å². The van der Waals surface area contributed by atoms with Crippen LogP contribution < -0.4 is 14.8 Å². The Kier molecular flexibility index (Phi) is 5.19. The van der Waals surface area contributed by atoms with E-state index >= 15 is 0 Å². The molecule has 2 aromatic carbocycles. The lowest BCUT2D eigenvalue weighted by Gasteiger charge is -2.10. The van der Waals surface area contributed by atoms with E-state index in [0.717, 1.165) is 52.8 Å². The van der Waals surface area contributed by atoms with Crippen LogP contribution in [0.4, 0.5) is 0 Å². The summed E-state index contributed by atoms with van der Waals surface area (Å²) in [5, 5.41) is 3.88. The second kappa shape index (κ2) is 8.08. The van der Waals surface area contributed by atoms with Crippen molar-refractivity contribution in [1.29, 1.82) is 0 Å². The Morgan fingerprint density at radius 1 is 0.889 bits per heavy atom. The number of pyridine rings is 1. The highest BCUT2D eigenvalue weighted by atomic mass is 16.5. The fraction of sp³-hybridized carbons (Fsp3) is 0.273. The Morgan fingerprint density at radius 3 is 2.59 bits per heavy atom. The van der Waals surface area contributed by atoms with Crippen LogP contribution in [0.1, 0.15) is 35.2 Å². The summed E-state index contributed by atoms with van der Waals surface area (Å²) in [6.45, 7) is 1.87. The fourth-order valence-corrected chi connectivity index (χ4v) is 3.30. The van der Waals surface area contributed by atoms with Crippen LogP contribution in [0, 0.1) is 0 Å². The van der Waals surface area contributed by atoms with Crippen molar-refractivity contribution in [3.8, 4) is 11.5 Å². The first-order valence-corrected chi connectivity index (χ1v) is 9.32. The number of amides is 1. The van der Waals surface area contributed by atoms with E-state index in [1.165, 1.54) is 0 Å². The maximum absolute atomic E-state index is 11.7. The van der Waals surface area contributed by atoms with Crippen molar-refractivity contribution in [1.82, 2.24) is 10.3 Å². The van der Waals surface area contributed by atoms with E-state index < -0.39 is 0 Å². The van der Waals surface area contributed by atoms with Crippen LogP contribution in [-0.4, -0.2) is 24.1 Å². The Morgan fingerprint density at radius 2 is 1.70 bits per heavy atom. The van der Waals surface area contributed by atoms with E-state index in [1.807, 2.05) is 48.5 Å². The first-order chi connectivity index (χ1) is 13.3. The SMILES string of the molecule is O=C1NCc2c(OCCCCCOc3ccnc4ccccc34)cccc21. The smallest absolute Gasteiger partial charge is 0.252 e. The van der Waals surface area contributed by atoms with E-state index in [4.69, 9.17) is 9.47 Å². The number of nitrogens with one attached hydrogen (secondary N) is 1. The number of nitrogens with zero attached hydrogens (tertiary/aromatic N) is 1. The van der Waals surface area contributed by atoms with Gasteiger partial charge in [0.15, 0.2) is 0 Å². The second-order valence-corrected chi connectivity index (χ2v) is 6.55. The lowest BCUT2D eigenvalue weighted by atomic mass is 10.1. The molecule has 1 aliphatic heterocycles. The molecule has 0 saturated carbocycles. The van der Waals surface area contributed by atoms with Crippen LogP contribution in [0.15, 0.2) is 54.7 Å². The number of benzene rings is 2. The average Bonchev–Trinajstić information content (AvgIpc) is 3.09. The minimum atomic E-state index is -0.0174. The van der Waals surface area contributed by atoms with Gasteiger partial charge in [0.25, 0.3) is 5.91 Å². The number of ether oxygens (including phenoxy) is 2. The first-order valence-electron chi connectivity index (χ1n) is 9.32. The highest BCUT2D eigenvalue weighted by Crippen LogP contribution is 2.26. The molecule has 5 heteroatoms. The molecule has 0 bridgehead atoms. The summed E-state index contributed by atoms with van der Waals surface area (Å²) in [7, 11) is 0. The molecule has 0 saturated heterocycles. The number of hydrogen-bond donors (Lipinski definition) is 1. The van der Waals surface area contributed by atoms with Gasteiger partial charge in [-0.2, -0.15) is 0 Å². The molecule has 0 aliphatic carbocycles. The van der Waals surface area contributed by atoms with Gasteiger partial charge in [-0.05, 0) is 49.6 Å². The zero-order valence-electron chi connectivity index (χ0n) is 15.1. The molecule has 5 nitrogen and oxygen atoms in total. The van der Waals surface area contributed by atoms with Gasteiger partial charge < -0.3 is 14.8 Å². The second-order valence-electron chi connectivity index (χ2n) is 6.55. The number of para-hydroxylation sites is 1. The van der Waals surface area contributed by atoms with E-state index in [9.17, 15) is 4.79 Å². The highest BCUT2D eigenvalue weighted by Gasteiger charge is 2.21. The third-order valence-electron chi connectivity index (χ3n) is 4.72. The standard InChI is InChI=1S/C22H22N2O3/c25-22-16-8-6-10-20(18(16)15-24-22)26-13-4-1-5-14-27-21-11-12-23-19-9-3-2-7-17(19)21/h2-3,6-12H,1,4-5,13-15H2,(H,24,25). The van der Waals surface area contributed by atoms with Crippen LogP contribution in [0.5, 0.6) is 11.5 Å². The highest BCUT2D eigenvalue weighted by molar-refractivity contribution is 5.99. The fourth-order valence-electron chi connectivity index (χ4n) is 3.30. The lowest BCUT2D eigenvalue weighted by Crippen LogP contribution is -2.12. The van der Waals surface area contributed by atoms with Crippen molar-refractivity contribution in [3.63, 3.8) is 0 Å². The first kappa shape index (κ1) is 17.3. The molecular weight excluding hydrogens is 340 g/mol. The molecule has 0 spiro atoms. The summed E-state index contributed by atoms with van der Waals surface area (Å²) in [6, 6.07) is 15.5. The zero-order chi connectivity index (χ0) is 18.5. The molecular formula is C22H22N2O3. The van der Waals surface area contributed by atoms with Crippen molar-refractivity contribution >= 4 is 16.8 Å². The molecule has 0 fully saturated rings. The summed E-state index contributed by atoms with van der Waals surface area (Å²) < 4.78 is 11.8. The normalized spacial score (nSPS) is 12.7. The summed E-state index contributed by atoms with van der Waals surface area (Å²) in [6.07, 6.45) is 4.72. The molecule has 0 radical (unpaired) electrons. The van der Waals surface area contributed by atoms with Crippen LogP contribution in [0.2, 0.25) is 0 Å². The Bertz CT molecular complexity index is 950. The topological polar surface area (TPSA) is 60.5 Å². The van der Waals surface area contributed by atoms with Gasteiger partial charge in [-0.25, -0.2) is 0 Å². The number of carbonyl (C=O) groups is 1. The third kappa shape index (κ3) is 3.87. The van der Waals surface area contributed by atoms with E-state index in [2.05, 4.69) is 10.3 Å². The Hall–Kier alpha value is -3.08. The summed E-state index contributed by atoms with van der Waals surface area (Å²) >= 11 is 0. The van der Waals surface area contributed by atoms with Gasteiger partial charge in [0.2, 0.25) is 0 Å². The van der Waals surface area contributed by atoms with E-state index in [1.54, 1.807) is 6.20 Å². The molecule has 1 aliphatic rings. The Balaban J connectivity index is 1.20. The minimum absolute atomic E-state index is 0.0174. The summed E-state index contributed by atoms with van der Waals surface area (Å²) in [5.74, 6) is 1.68. The van der Waals surface area contributed by atoms with E-state index in [0.29, 0.717) is 19.8 Å². The lowest BCUT2D eigenvalue weighted by molar-refractivity contribution is 0.0965. The molecule has 27 heavy (non-hydrogen) atoms. The molecule has 1 N–H and O–H groups in total. The molecule has 1 amide bonds. The summed E-state index contributed by atoms with van der Waals surface area (Å²) in [4.78, 5) is 16.0. The van der Waals surface area contributed by atoms with E-state index in [-0.39, 0.29) is 5.91 Å². The predicted molar refractivity (Wildman–Crippen MR) is 104 cm³/mol. The van der Waals surface area contributed by atoms with Gasteiger partial charge >= 0.3 is 0 Å². The molecule has 138 valence electrons. The van der Waals surface area contributed by atoms with Crippen molar-refractivity contribution < 1.29 is 14.3 Å². The maximum atomic E-state index is 11.7. The van der Waals surface area contributed by atoms with Crippen molar-refractivity contribution in [2.45, 2.75) is 25.8 Å². The van der Waals surface area contributed by atoms with Gasteiger partial charge in [0.1, 0.15) is 11.5 Å². The largest absolute Gasteiger partial charge is 0.493 e. The molecule has 3 aromatic rings. The summed E-state index contributed by atoms with van der Waals surface area (Å²) in [5.41, 5.74) is 2.65. The minimum Gasteiger partial charge on any atom is -0.493 e. The van der Waals surface area contributed by atoms with Gasteiger partial charge in [-0.15, -0.1) is 0 Å². The predicted octanol–water partition coefficient (Wildman–Crippen LogP) is 4.11. The zero-order valence-corrected chi connectivity index (χ0v) is 15.1.